The summed E-state index contributed by atoms with van der Waals surface area (Å²) in [6.45, 7) is 0. The first-order valence-corrected chi connectivity index (χ1v) is 7.76. The summed E-state index contributed by atoms with van der Waals surface area (Å²) in [6.07, 6.45) is 0. The molecule has 0 saturated carbocycles. The Balaban J connectivity index is 2.30. The van der Waals surface area contributed by atoms with Crippen LogP contribution in [0.4, 0.5) is 0 Å². The van der Waals surface area contributed by atoms with E-state index in [9.17, 15) is 9.46 Å². The van der Waals surface area contributed by atoms with Crippen LogP contribution in [0.5, 0.6) is 0 Å². The van der Waals surface area contributed by atoms with Gasteiger partial charge in [0, 0.05) is 0 Å². The fourth-order valence-electron chi connectivity index (χ4n) is 1.90. The van der Waals surface area contributed by atoms with Crippen LogP contribution in [0.25, 0.3) is 0 Å². The van der Waals surface area contributed by atoms with E-state index in [2.05, 4.69) is 0 Å². The summed E-state index contributed by atoms with van der Waals surface area (Å²) in [5.74, 6) is -1.96. The highest BCUT2D eigenvalue weighted by atomic mass is 31.2. The predicted molar refractivity (Wildman–Crippen MR) is 76.6 cm³/mol. The molecule has 0 aliphatic carbocycles. The van der Waals surface area contributed by atoms with Gasteiger partial charge in [-0.05, 0) is 11.1 Å². The molecule has 4 nitrogen and oxygen atoms in total. The minimum Gasteiger partial charge on any atom is -0.342 e. The Morgan fingerprint density at radius 2 is 1.11 bits per heavy atom. The van der Waals surface area contributed by atoms with Crippen LogP contribution in [0.15, 0.2) is 60.7 Å². The van der Waals surface area contributed by atoms with Gasteiger partial charge < -0.3 is 16.4 Å². The first kappa shape index (κ1) is 14.0. The molecule has 5 N–H and O–H groups in total. The van der Waals surface area contributed by atoms with Gasteiger partial charge in [-0.1, -0.05) is 60.7 Å². The third kappa shape index (κ3) is 2.94. The average molecular weight is 276 g/mol. The first-order valence-electron chi connectivity index (χ1n) is 5.96. The monoisotopic (exact) mass is 276 g/mol. The van der Waals surface area contributed by atoms with Crippen molar-refractivity contribution in [3.63, 3.8) is 0 Å². The number of benzene rings is 2. The predicted octanol–water partition coefficient (Wildman–Crippen LogP) is 2.57. The van der Waals surface area contributed by atoms with Crippen molar-refractivity contribution < 1.29 is 9.46 Å². The molecule has 19 heavy (non-hydrogen) atoms. The van der Waals surface area contributed by atoms with E-state index in [1.54, 1.807) is 48.5 Å². The standard InChI is InChI=1S/C14H17N2O2P/c15-13(11-7-3-1-4-8-11)19(17,18)14(16)12-9-5-2-6-10-12/h1-10,13-14H,15-16H2,(H,17,18)/t13-,14-/m1/s1. The van der Waals surface area contributed by atoms with E-state index in [-0.39, 0.29) is 0 Å². The van der Waals surface area contributed by atoms with Crippen LogP contribution in [-0.4, -0.2) is 4.89 Å². The molecular weight excluding hydrogens is 259 g/mol. The van der Waals surface area contributed by atoms with Gasteiger partial charge in [0.15, 0.2) is 0 Å². The Morgan fingerprint density at radius 3 is 1.42 bits per heavy atom. The lowest BCUT2D eigenvalue weighted by Crippen LogP contribution is -2.20. The van der Waals surface area contributed by atoms with Crippen molar-refractivity contribution in [2.45, 2.75) is 11.6 Å². The van der Waals surface area contributed by atoms with E-state index in [1.807, 2.05) is 12.1 Å². The minimum atomic E-state index is -3.76. The Morgan fingerprint density at radius 1 is 0.789 bits per heavy atom. The van der Waals surface area contributed by atoms with Crippen LogP contribution in [0.2, 0.25) is 0 Å². The molecule has 100 valence electrons. The molecule has 2 rings (SSSR count). The lowest BCUT2D eigenvalue weighted by Gasteiger charge is -2.25. The lowest BCUT2D eigenvalue weighted by atomic mass is 10.2. The summed E-state index contributed by atoms with van der Waals surface area (Å²) in [5, 5.41) is 0. The molecule has 0 amide bonds. The minimum absolute atomic E-state index is 0.611. The SMILES string of the molecule is N[C@@H](c1ccccc1)P(=O)(O)[C@@H](N)c1ccccc1. The van der Waals surface area contributed by atoms with Crippen LogP contribution in [-0.2, 0) is 4.57 Å². The highest BCUT2D eigenvalue weighted by molar-refractivity contribution is 7.58. The van der Waals surface area contributed by atoms with Crippen LogP contribution >= 0.6 is 7.37 Å². The second-order valence-corrected chi connectivity index (χ2v) is 6.84. The number of nitrogens with two attached hydrogens (primary N) is 2. The van der Waals surface area contributed by atoms with E-state index in [1.165, 1.54) is 0 Å². The Kier molecular flexibility index (Phi) is 4.17. The first-order chi connectivity index (χ1) is 9.03. The Labute approximate surface area is 112 Å². The van der Waals surface area contributed by atoms with Gasteiger partial charge in [0.1, 0.15) is 11.6 Å². The molecule has 0 saturated heterocycles. The fourth-order valence-corrected chi connectivity index (χ4v) is 3.45. The maximum Gasteiger partial charge on any atom is 0.241 e. The fraction of sp³-hybridized carbons (Fsp3) is 0.143. The summed E-state index contributed by atoms with van der Waals surface area (Å²) in [7, 11) is -3.76. The molecular formula is C14H17N2O2P. The van der Waals surface area contributed by atoms with Gasteiger partial charge in [0.25, 0.3) is 0 Å². The van der Waals surface area contributed by atoms with Crippen LogP contribution in [0, 0.1) is 0 Å². The molecule has 0 aliphatic heterocycles. The highest BCUT2D eigenvalue weighted by Crippen LogP contribution is 2.61. The zero-order valence-electron chi connectivity index (χ0n) is 10.4. The summed E-state index contributed by atoms with van der Waals surface area (Å²) in [4.78, 5) is 10.3. The molecule has 2 aromatic rings. The molecule has 0 fully saturated rings. The lowest BCUT2D eigenvalue weighted by molar-refractivity contribution is 0.451. The van der Waals surface area contributed by atoms with E-state index in [0.29, 0.717) is 11.1 Å². The summed E-state index contributed by atoms with van der Waals surface area (Å²) < 4.78 is 12.5. The summed E-state index contributed by atoms with van der Waals surface area (Å²) in [5.41, 5.74) is 13.1. The van der Waals surface area contributed by atoms with Crippen molar-refractivity contribution in [2.24, 2.45) is 11.5 Å². The number of hydrogen-bond donors (Lipinski definition) is 3. The van der Waals surface area contributed by atoms with E-state index in [4.69, 9.17) is 11.5 Å². The molecule has 5 heteroatoms. The van der Waals surface area contributed by atoms with Crippen LogP contribution in [0.1, 0.15) is 22.7 Å². The Bertz CT molecular complexity index is 525. The zero-order chi connectivity index (χ0) is 13.9. The molecule has 0 heterocycles. The number of rotatable bonds is 4. The maximum absolute atomic E-state index is 12.5. The van der Waals surface area contributed by atoms with Crippen molar-refractivity contribution in [3.8, 4) is 0 Å². The van der Waals surface area contributed by atoms with Crippen LogP contribution in [0.3, 0.4) is 0 Å². The van der Waals surface area contributed by atoms with Gasteiger partial charge in [-0.15, -0.1) is 0 Å². The van der Waals surface area contributed by atoms with E-state index < -0.39 is 18.9 Å². The van der Waals surface area contributed by atoms with Crippen molar-refractivity contribution in [3.05, 3.63) is 71.8 Å². The van der Waals surface area contributed by atoms with Crippen molar-refractivity contribution in [2.75, 3.05) is 0 Å². The van der Waals surface area contributed by atoms with Crippen LogP contribution < -0.4 is 11.5 Å². The second-order valence-electron chi connectivity index (χ2n) is 4.38. The quantitative estimate of drug-likeness (QED) is 0.749. The van der Waals surface area contributed by atoms with Gasteiger partial charge in [-0.3, -0.25) is 4.57 Å². The third-order valence-corrected chi connectivity index (χ3v) is 5.27. The molecule has 0 radical (unpaired) electrons. The maximum atomic E-state index is 12.5. The van der Waals surface area contributed by atoms with Crippen molar-refractivity contribution in [1.29, 1.82) is 0 Å². The average Bonchev–Trinajstić information content (AvgIpc) is 2.47. The molecule has 0 unspecified atom stereocenters. The van der Waals surface area contributed by atoms with Gasteiger partial charge >= 0.3 is 0 Å². The van der Waals surface area contributed by atoms with Gasteiger partial charge in [-0.2, -0.15) is 0 Å². The van der Waals surface area contributed by atoms with Gasteiger partial charge in [-0.25, -0.2) is 0 Å². The molecule has 0 spiro atoms. The topological polar surface area (TPSA) is 89.3 Å². The molecule has 0 bridgehead atoms. The number of hydrogen-bond acceptors (Lipinski definition) is 3. The normalized spacial score (nSPS) is 14.9. The Hall–Kier alpha value is -1.45. The molecule has 0 aliphatic rings. The van der Waals surface area contributed by atoms with E-state index in [0.717, 1.165) is 0 Å². The van der Waals surface area contributed by atoms with Gasteiger partial charge in [0.2, 0.25) is 7.37 Å². The summed E-state index contributed by atoms with van der Waals surface area (Å²) >= 11 is 0. The van der Waals surface area contributed by atoms with Crippen molar-refractivity contribution >= 4 is 7.37 Å². The zero-order valence-corrected chi connectivity index (χ0v) is 11.3. The molecule has 2 atom stereocenters. The third-order valence-electron chi connectivity index (χ3n) is 3.08. The second kappa shape index (κ2) is 5.68. The van der Waals surface area contributed by atoms with Gasteiger partial charge in [0.05, 0.1) is 0 Å². The molecule has 0 aromatic heterocycles. The highest BCUT2D eigenvalue weighted by Gasteiger charge is 2.36. The summed E-state index contributed by atoms with van der Waals surface area (Å²) in [6, 6.07) is 17.7. The smallest absolute Gasteiger partial charge is 0.241 e. The van der Waals surface area contributed by atoms with E-state index >= 15 is 0 Å². The largest absolute Gasteiger partial charge is 0.342 e. The molecule has 2 aromatic carbocycles. The van der Waals surface area contributed by atoms with Crippen molar-refractivity contribution in [1.82, 2.24) is 0 Å².